The number of carbonyl (C=O) groups excluding carboxylic acids is 2. The van der Waals surface area contributed by atoms with E-state index in [0.29, 0.717) is 31.1 Å². The summed E-state index contributed by atoms with van der Waals surface area (Å²) in [5.41, 5.74) is 5.01. The molecule has 0 aliphatic carbocycles. The molecule has 1 aromatic rings. The molecule has 0 aromatic carbocycles. The minimum absolute atomic E-state index is 0.0237. The second kappa shape index (κ2) is 6.56. The molecule has 1 aliphatic heterocycles. The van der Waals surface area contributed by atoms with Crippen molar-refractivity contribution in [2.45, 2.75) is 18.0 Å². The second-order valence-electron chi connectivity index (χ2n) is 4.59. The molecule has 8 heteroatoms. The molecular formula is C12H16N4O3S. The highest BCUT2D eigenvalue weighted by Gasteiger charge is 2.25. The highest BCUT2D eigenvalue weighted by molar-refractivity contribution is 7.99. The molecule has 1 aromatic heterocycles. The van der Waals surface area contributed by atoms with Crippen molar-refractivity contribution in [3.8, 4) is 0 Å². The van der Waals surface area contributed by atoms with Crippen molar-refractivity contribution in [3.05, 3.63) is 22.6 Å². The van der Waals surface area contributed by atoms with Crippen molar-refractivity contribution < 1.29 is 9.59 Å². The van der Waals surface area contributed by atoms with Crippen molar-refractivity contribution in [2.24, 2.45) is 11.7 Å². The zero-order valence-corrected chi connectivity index (χ0v) is 11.7. The lowest BCUT2D eigenvalue weighted by molar-refractivity contribution is -0.132. The van der Waals surface area contributed by atoms with Crippen molar-refractivity contribution in [2.75, 3.05) is 18.8 Å². The third-order valence-corrected chi connectivity index (χ3v) is 4.10. The predicted octanol–water partition coefficient (Wildman–Crippen LogP) is -0.414. The first-order valence-corrected chi connectivity index (χ1v) is 7.30. The Labute approximate surface area is 119 Å². The molecule has 108 valence electrons. The van der Waals surface area contributed by atoms with Crippen LogP contribution in [0.5, 0.6) is 0 Å². The summed E-state index contributed by atoms with van der Waals surface area (Å²) in [6, 6.07) is 1.32. The Hall–Kier alpha value is -1.83. The number of hydrogen-bond acceptors (Lipinski definition) is 5. The molecule has 1 fully saturated rings. The van der Waals surface area contributed by atoms with E-state index in [2.05, 4.69) is 9.97 Å². The van der Waals surface area contributed by atoms with Gasteiger partial charge in [-0.3, -0.25) is 14.4 Å². The number of nitrogens with two attached hydrogens (primary N) is 1. The lowest BCUT2D eigenvalue weighted by atomic mass is 9.96. The molecule has 20 heavy (non-hydrogen) atoms. The van der Waals surface area contributed by atoms with E-state index in [4.69, 9.17) is 5.73 Å². The van der Waals surface area contributed by atoms with Crippen LogP contribution in [0.25, 0.3) is 0 Å². The Balaban J connectivity index is 1.81. The lowest BCUT2D eigenvalue weighted by Crippen LogP contribution is -2.42. The fraction of sp³-hybridized carbons (Fsp3) is 0.500. The highest BCUT2D eigenvalue weighted by atomic mass is 32.2. The van der Waals surface area contributed by atoms with Gasteiger partial charge in [-0.15, -0.1) is 0 Å². The molecule has 2 heterocycles. The third kappa shape index (κ3) is 3.83. The number of rotatable bonds is 4. The number of piperidine rings is 1. The number of aromatic nitrogens is 2. The maximum Gasteiger partial charge on any atom is 0.251 e. The van der Waals surface area contributed by atoms with Crippen LogP contribution in [0.4, 0.5) is 0 Å². The summed E-state index contributed by atoms with van der Waals surface area (Å²) >= 11 is 1.19. The lowest BCUT2D eigenvalue weighted by Gasteiger charge is -2.30. The monoisotopic (exact) mass is 296 g/mol. The van der Waals surface area contributed by atoms with Gasteiger partial charge < -0.3 is 15.6 Å². The van der Waals surface area contributed by atoms with E-state index in [1.165, 1.54) is 24.0 Å². The fourth-order valence-corrected chi connectivity index (χ4v) is 2.81. The SMILES string of the molecule is NC(=O)C1CCN(C(=O)CSc2nccc(=O)[nH]2)CC1. The minimum atomic E-state index is -0.294. The van der Waals surface area contributed by atoms with E-state index < -0.39 is 0 Å². The molecular weight excluding hydrogens is 280 g/mol. The third-order valence-electron chi connectivity index (χ3n) is 3.23. The van der Waals surface area contributed by atoms with E-state index in [-0.39, 0.29) is 29.0 Å². The van der Waals surface area contributed by atoms with Crippen LogP contribution >= 0.6 is 11.8 Å². The van der Waals surface area contributed by atoms with Crippen LogP contribution in [0.2, 0.25) is 0 Å². The topological polar surface area (TPSA) is 109 Å². The summed E-state index contributed by atoms with van der Waals surface area (Å²) in [5, 5.41) is 0.429. The van der Waals surface area contributed by atoms with Crippen molar-refractivity contribution in [1.82, 2.24) is 14.9 Å². The molecule has 0 unspecified atom stereocenters. The summed E-state index contributed by atoms with van der Waals surface area (Å²) in [7, 11) is 0. The summed E-state index contributed by atoms with van der Waals surface area (Å²) in [5.74, 6) is -0.227. The second-order valence-corrected chi connectivity index (χ2v) is 5.55. The minimum Gasteiger partial charge on any atom is -0.369 e. The van der Waals surface area contributed by atoms with E-state index in [9.17, 15) is 14.4 Å². The number of aromatic amines is 1. The number of nitrogens with zero attached hydrogens (tertiary/aromatic N) is 2. The van der Waals surface area contributed by atoms with Crippen LogP contribution < -0.4 is 11.3 Å². The Morgan fingerprint density at radius 3 is 2.75 bits per heavy atom. The molecule has 1 aliphatic rings. The number of carbonyl (C=O) groups is 2. The summed E-state index contributed by atoms with van der Waals surface area (Å²) in [4.78, 5) is 42.4. The summed E-state index contributed by atoms with van der Waals surface area (Å²) < 4.78 is 0. The van der Waals surface area contributed by atoms with Crippen LogP contribution in [0.3, 0.4) is 0 Å². The van der Waals surface area contributed by atoms with Gasteiger partial charge in [0, 0.05) is 31.3 Å². The summed E-state index contributed by atoms with van der Waals surface area (Å²) in [6.45, 7) is 1.09. The molecule has 2 amide bonds. The largest absolute Gasteiger partial charge is 0.369 e. The van der Waals surface area contributed by atoms with Crippen LogP contribution in [0, 0.1) is 5.92 Å². The van der Waals surface area contributed by atoms with Gasteiger partial charge in [0.15, 0.2) is 5.16 Å². The average Bonchev–Trinajstić information content (AvgIpc) is 2.45. The van der Waals surface area contributed by atoms with Gasteiger partial charge in [0.05, 0.1) is 5.75 Å². The number of hydrogen-bond donors (Lipinski definition) is 2. The van der Waals surface area contributed by atoms with Gasteiger partial charge >= 0.3 is 0 Å². The Morgan fingerprint density at radius 2 is 2.15 bits per heavy atom. The molecule has 0 bridgehead atoms. The first-order chi connectivity index (χ1) is 9.56. The van der Waals surface area contributed by atoms with E-state index in [1.807, 2.05) is 0 Å². The number of amides is 2. The van der Waals surface area contributed by atoms with Gasteiger partial charge in [-0.05, 0) is 12.8 Å². The fourth-order valence-electron chi connectivity index (χ4n) is 2.06. The zero-order chi connectivity index (χ0) is 14.5. The van der Waals surface area contributed by atoms with Gasteiger partial charge in [-0.1, -0.05) is 11.8 Å². The number of primary amides is 1. The predicted molar refractivity (Wildman–Crippen MR) is 74.1 cm³/mol. The standard InChI is InChI=1S/C12H16N4O3S/c13-11(19)8-2-5-16(6-3-8)10(18)7-20-12-14-4-1-9(17)15-12/h1,4,8H,2-3,5-7H2,(H2,13,19)(H,14,15,17). The van der Waals surface area contributed by atoms with Crippen LogP contribution in [-0.4, -0.2) is 45.5 Å². The molecule has 3 N–H and O–H groups in total. The van der Waals surface area contributed by atoms with Crippen molar-refractivity contribution >= 4 is 23.6 Å². The molecule has 0 atom stereocenters. The van der Waals surface area contributed by atoms with Gasteiger partial charge in [0.2, 0.25) is 11.8 Å². The Bertz CT molecular complexity index is 552. The van der Waals surface area contributed by atoms with Gasteiger partial charge in [-0.2, -0.15) is 0 Å². The van der Waals surface area contributed by atoms with E-state index >= 15 is 0 Å². The normalized spacial score (nSPS) is 16.1. The number of thioether (sulfide) groups is 1. The molecule has 2 rings (SSSR count). The molecule has 0 radical (unpaired) electrons. The first-order valence-electron chi connectivity index (χ1n) is 6.31. The molecule has 0 spiro atoms. The first kappa shape index (κ1) is 14.6. The molecule has 1 saturated heterocycles. The zero-order valence-electron chi connectivity index (χ0n) is 10.9. The maximum atomic E-state index is 12.0. The van der Waals surface area contributed by atoms with Crippen LogP contribution in [-0.2, 0) is 9.59 Å². The van der Waals surface area contributed by atoms with E-state index in [0.717, 1.165) is 0 Å². The molecule has 7 nitrogen and oxygen atoms in total. The molecule has 0 saturated carbocycles. The van der Waals surface area contributed by atoms with Gasteiger partial charge in [0.1, 0.15) is 0 Å². The van der Waals surface area contributed by atoms with Gasteiger partial charge in [0.25, 0.3) is 5.56 Å². The number of likely N-dealkylation sites (tertiary alicyclic amines) is 1. The highest BCUT2D eigenvalue weighted by Crippen LogP contribution is 2.18. The smallest absolute Gasteiger partial charge is 0.251 e. The number of H-pyrrole nitrogens is 1. The van der Waals surface area contributed by atoms with Gasteiger partial charge in [-0.25, -0.2) is 4.98 Å². The number of nitrogens with one attached hydrogen (secondary N) is 1. The van der Waals surface area contributed by atoms with E-state index in [1.54, 1.807) is 4.90 Å². The quantitative estimate of drug-likeness (QED) is 0.579. The Morgan fingerprint density at radius 1 is 1.45 bits per heavy atom. The average molecular weight is 296 g/mol. The van der Waals surface area contributed by atoms with Crippen LogP contribution in [0.15, 0.2) is 22.2 Å². The van der Waals surface area contributed by atoms with Crippen LogP contribution in [0.1, 0.15) is 12.8 Å². The Kier molecular flexibility index (Phi) is 4.78. The van der Waals surface area contributed by atoms with Crippen molar-refractivity contribution in [3.63, 3.8) is 0 Å². The maximum absolute atomic E-state index is 12.0. The summed E-state index contributed by atoms with van der Waals surface area (Å²) in [6.07, 6.45) is 2.64. The van der Waals surface area contributed by atoms with Crippen molar-refractivity contribution in [1.29, 1.82) is 0 Å².